The average molecular weight is 239 g/mol. The van der Waals surface area contributed by atoms with Crippen molar-refractivity contribution in [3.63, 3.8) is 0 Å². The lowest BCUT2D eigenvalue weighted by Crippen LogP contribution is -1.99. The fraction of sp³-hybridized carbons (Fsp3) is 0.571. The third kappa shape index (κ3) is 3.71. The Morgan fingerprint density at radius 1 is 1.31 bits per heavy atom. The molecule has 0 amide bonds. The number of benzene rings is 1. The number of hydrogen-bond acceptors (Lipinski definition) is 1. The normalized spacial score (nSPS) is 17.1. The Hall–Kier alpha value is -0.690. The second-order valence-corrected chi connectivity index (χ2v) is 5.12. The molecule has 1 aromatic rings. The zero-order chi connectivity index (χ0) is 11.4. The fourth-order valence-corrected chi connectivity index (χ4v) is 1.75. The van der Waals surface area contributed by atoms with Crippen molar-refractivity contribution < 1.29 is 4.74 Å². The van der Waals surface area contributed by atoms with Gasteiger partial charge in [0, 0.05) is 5.38 Å². The summed E-state index contributed by atoms with van der Waals surface area (Å²) in [6.45, 7) is 2.13. The van der Waals surface area contributed by atoms with E-state index in [0.717, 1.165) is 25.0 Å². The highest BCUT2D eigenvalue weighted by atomic mass is 35.5. The molecular weight excluding hydrogens is 220 g/mol. The van der Waals surface area contributed by atoms with Gasteiger partial charge >= 0.3 is 0 Å². The van der Waals surface area contributed by atoms with Gasteiger partial charge in [-0.1, -0.05) is 19.1 Å². The molecule has 0 heterocycles. The molecule has 1 atom stereocenters. The molecule has 1 aliphatic rings. The molecule has 0 aliphatic heterocycles. The third-order valence-corrected chi connectivity index (χ3v) is 3.47. The zero-order valence-electron chi connectivity index (χ0n) is 9.79. The SMILES string of the molecule is CCC(Cl)CCc1ccc(OC2CC2)cc1. The topological polar surface area (TPSA) is 9.23 Å². The summed E-state index contributed by atoms with van der Waals surface area (Å²) >= 11 is 6.10. The quantitative estimate of drug-likeness (QED) is 0.676. The van der Waals surface area contributed by atoms with Gasteiger partial charge in [0.1, 0.15) is 5.75 Å². The van der Waals surface area contributed by atoms with E-state index in [-0.39, 0.29) is 0 Å². The maximum Gasteiger partial charge on any atom is 0.119 e. The molecule has 1 aliphatic carbocycles. The Morgan fingerprint density at radius 2 is 2.00 bits per heavy atom. The molecule has 0 radical (unpaired) electrons. The van der Waals surface area contributed by atoms with E-state index in [1.54, 1.807) is 0 Å². The zero-order valence-corrected chi connectivity index (χ0v) is 10.5. The van der Waals surface area contributed by atoms with E-state index in [2.05, 4.69) is 31.2 Å². The van der Waals surface area contributed by atoms with Crippen molar-refractivity contribution in [1.82, 2.24) is 0 Å². The van der Waals surface area contributed by atoms with Crippen molar-refractivity contribution >= 4 is 11.6 Å². The first-order valence-electron chi connectivity index (χ1n) is 6.17. The number of rotatable bonds is 6. The van der Waals surface area contributed by atoms with Crippen LogP contribution in [0, 0.1) is 0 Å². The van der Waals surface area contributed by atoms with Crippen LogP contribution in [0.1, 0.15) is 38.2 Å². The van der Waals surface area contributed by atoms with Crippen LogP contribution in [0.2, 0.25) is 0 Å². The molecule has 0 bridgehead atoms. The van der Waals surface area contributed by atoms with Crippen LogP contribution < -0.4 is 4.74 Å². The van der Waals surface area contributed by atoms with Gasteiger partial charge in [-0.05, 0) is 49.8 Å². The number of alkyl halides is 1. The van der Waals surface area contributed by atoms with Gasteiger partial charge in [-0.15, -0.1) is 11.6 Å². The molecule has 1 aromatic carbocycles. The van der Waals surface area contributed by atoms with Crippen molar-refractivity contribution in [2.75, 3.05) is 0 Å². The first-order chi connectivity index (χ1) is 7.78. The highest BCUT2D eigenvalue weighted by Crippen LogP contribution is 2.26. The molecule has 88 valence electrons. The van der Waals surface area contributed by atoms with Gasteiger partial charge in [0.2, 0.25) is 0 Å². The maximum atomic E-state index is 6.10. The van der Waals surface area contributed by atoms with Crippen molar-refractivity contribution in [3.05, 3.63) is 29.8 Å². The molecule has 16 heavy (non-hydrogen) atoms. The molecule has 1 saturated carbocycles. The summed E-state index contributed by atoms with van der Waals surface area (Å²) in [5, 5.41) is 0.308. The first-order valence-corrected chi connectivity index (χ1v) is 6.61. The predicted octanol–water partition coefficient (Wildman–Crippen LogP) is 4.18. The van der Waals surface area contributed by atoms with Gasteiger partial charge < -0.3 is 4.74 Å². The number of halogens is 1. The molecule has 0 aromatic heterocycles. The molecule has 2 rings (SSSR count). The van der Waals surface area contributed by atoms with Gasteiger partial charge in [0.05, 0.1) is 6.10 Å². The Bertz CT molecular complexity index is 316. The van der Waals surface area contributed by atoms with E-state index in [9.17, 15) is 0 Å². The van der Waals surface area contributed by atoms with E-state index < -0.39 is 0 Å². The minimum atomic E-state index is 0.308. The summed E-state index contributed by atoms with van der Waals surface area (Å²) in [4.78, 5) is 0. The first kappa shape index (κ1) is 11.8. The van der Waals surface area contributed by atoms with E-state index in [0.29, 0.717) is 11.5 Å². The maximum absolute atomic E-state index is 6.10. The van der Waals surface area contributed by atoms with Crippen molar-refractivity contribution in [2.45, 2.75) is 50.5 Å². The molecule has 0 spiro atoms. The summed E-state index contributed by atoms with van der Waals surface area (Å²) in [5.74, 6) is 1.00. The Morgan fingerprint density at radius 3 is 2.56 bits per heavy atom. The molecule has 1 fully saturated rings. The van der Waals surface area contributed by atoms with Gasteiger partial charge in [-0.2, -0.15) is 0 Å². The number of hydrogen-bond donors (Lipinski definition) is 0. The molecule has 1 nitrogen and oxygen atoms in total. The Labute approximate surface area is 103 Å². The minimum absolute atomic E-state index is 0.308. The van der Waals surface area contributed by atoms with Gasteiger partial charge in [0.25, 0.3) is 0 Å². The Kier molecular flexibility index (Phi) is 4.11. The fourth-order valence-electron chi connectivity index (χ4n) is 1.64. The van der Waals surface area contributed by atoms with Gasteiger partial charge in [0.15, 0.2) is 0 Å². The highest BCUT2D eigenvalue weighted by Gasteiger charge is 2.23. The average Bonchev–Trinajstić information content (AvgIpc) is 3.11. The van der Waals surface area contributed by atoms with Crippen LogP contribution >= 0.6 is 11.6 Å². The lowest BCUT2D eigenvalue weighted by Gasteiger charge is -2.08. The standard InChI is InChI=1S/C14H19ClO/c1-2-12(15)6-3-11-4-7-13(8-5-11)16-14-9-10-14/h4-5,7-8,12,14H,2-3,6,9-10H2,1H3. The second-order valence-electron chi connectivity index (χ2n) is 4.51. The van der Waals surface area contributed by atoms with Crippen molar-refractivity contribution in [2.24, 2.45) is 0 Å². The largest absolute Gasteiger partial charge is 0.490 e. The molecule has 0 N–H and O–H groups in total. The van der Waals surface area contributed by atoms with E-state index in [4.69, 9.17) is 16.3 Å². The van der Waals surface area contributed by atoms with Crippen LogP contribution in [0.25, 0.3) is 0 Å². The summed E-state index contributed by atoms with van der Waals surface area (Å²) in [7, 11) is 0. The van der Waals surface area contributed by atoms with E-state index in [1.807, 2.05) is 0 Å². The highest BCUT2D eigenvalue weighted by molar-refractivity contribution is 6.20. The predicted molar refractivity (Wildman–Crippen MR) is 68.3 cm³/mol. The lowest BCUT2D eigenvalue weighted by molar-refractivity contribution is 0.303. The second kappa shape index (κ2) is 5.58. The van der Waals surface area contributed by atoms with Crippen LogP contribution in [0.3, 0.4) is 0 Å². The van der Waals surface area contributed by atoms with Crippen LogP contribution in [0.5, 0.6) is 5.75 Å². The van der Waals surface area contributed by atoms with Crippen LogP contribution in [-0.2, 0) is 6.42 Å². The van der Waals surface area contributed by atoms with Crippen molar-refractivity contribution in [3.8, 4) is 5.75 Å². The summed E-state index contributed by atoms with van der Waals surface area (Å²) < 4.78 is 5.70. The smallest absolute Gasteiger partial charge is 0.119 e. The van der Waals surface area contributed by atoms with Gasteiger partial charge in [-0.25, -0.2) is 0 Å². The Balaban J connectivity index is 1.81. The molecule has 2 heteroatoms. The van der Waals surface area contributed by atoms with Gasteiger partial charge in [-0.3, -0.25) is 0 Å². The molecule has 1 unspecified atom stereocenters. The minimum Gasteiger partial charge on any atom is -0.490 e. The molecular formula is C14H19ClO. The molecule has 0 saturated heterocycles. The summed E-state index contributed by atoms with van der Waals surface area (Å²) in [6.07, 6.45) is 6.08. The summed E-state index contributed by atoms with van der Waals surface area (Å²) in [5.41, 5.74) is 1.35. The lowest BCUT2D eigenvalue weighted by atomic mass is 10.1. The van der Waals surface area contributed by atoms with Crippen LogP contribution in [-0.4, -0.2) is 11.5 Å². The van der Waals surface area contributed by atoms with Crippen LogP contribution in [0.4, 0.5) is 0 Å². The van der Waals surface area contributed by atoms with E-state index >= 15 is 0 Å². The number of ether oxygens (including phenoxy) is 1. The van der Waals surface area contributed by atoms with Crippen molar-refractivity contribution in [1.29, 1.82) is 0 Å². The monoisotopic (exact) mass is 238 g/mol. The number of aryl methyl sites for hydroxylation is 1. The van der Waals surface area contributed by atoms with Crippen LogP contribution in [0.15, 0.2) is 24.3 Å². The third-order valence-electron chi connectivity index (χ3n) is 2.94. The van der Waals surface area contributed by atoms with E-state index in [1.165, 1.54) is 18.4 Å². The summed E-state index contributed by atoms with van der Waals surface area (Å²) in [6, 6.07) is 8.44.